The Bertz CT molecular complexity index is 770. The van der Waals surface area contributed by atoms with Crippen molar-refractivity contribution in [1.29, 1.82) is 0 Å². The van der Waals surface area contributed by atoms with Crippen LogP contribution in [0, 0.1) is 5.92 Å². The van der Waals surface area contributed by atoms with Gasteiger partial charge in [0.25, 0.3) is 5.91 Å². The van der Waals surface area contributed by atoms with Crippen LogP contribution in [-0.4, -0.2) is 23.5 Å². The van der Waals surface area contributed by atoms with Crippen LogP contribution in [0.15, 0.2) is 24.5 Å². The molecule has 132 valence electrons. The summed E-state index contributed by atoms with van der Waals surface area (Å²) in [6, 6.07) is 3.42. The van der Waals surface area contributed by atoms with Gasteiger partial charge in [-0.25, -0.2) is 4.79 Å². The molecule has 25 heavy (non-hydrogen) atoms. The first-order chi connectivity index (χ1) is 12.1. The molecule has 0 unspecified atom stereocenters. The Balaban J connectivity index is 1.93. The summed E-state index contributed by atoms with van der Waals surface area (Å²) in [5, 5.41) is 3.49. The molecule has 5 nitrogen and oxygen atoms in total. The van der Waals surface area contributed by atoms with Gasteiger partial charge in [-0.2, -0.15) is 0 Å². The van der Waals surface area contributed by atoms with E-state index in [0.717, 1.165) is 31.2 Å². The molecule has 2 aromatic rings. The van der Waals surface area contributed by atoms with Crippen molar-refractivity contribution in [2.45, 2.75) is 39.5 Å². The molecule has 0 saturated heterocycles. The van der Waals surface area contributed by atoms with Crippen LogP contribution in [0.5, 0.6) is 0 Å². The number of rotatable bonds is 5. The van der Waals surface area contributed by atoms with E-state index in [0.29, 0.717) is 28.7 Å². The van der Waals surface area contributed by atoms with Gasteiger partial charge < -0.3 is 10.1 Å². The molecule has 1 N–H and O–H groups in total. The lowest BCUT2D eigenvalue weighted by Crippen LogP contribution is -2.17. The van der Waals surface area contributed by atoms with E-state index in [4.69, 9.17) is 4.74 Å². The lowest BCUT2D eigenvalue weighted by Gasteiger charge is -2.20. The maximum atomic E-state index is 12.5. The van der Waals surface area contributed by atoms with Crippen molar-refractivity contribution in [3.8, 4) is 0 Å². The smallest absolute Gasteiger partial charge is 0.341 e. The molecule has 2 heterocycles. The molecule has 0 aromatic carbocycles. The lowest BCUT2D eigenvalue weighted by molar-refractivity contribution is 0.0526. The van der Waals surface area contributed by atoms with Gasteiger partial charge in [0.1, 0.15) is 5.00 Å². The second-order valence-corrected chi connectivity index (χ2v) is 7.25. The van der Waals surface area contributed by atoms with Crippen LogP contribution < -0.4 is 5.32 Å². The quantitative estimate of drug-likeness (QED) is 0.818. The molecule has 1 atom stereocenters. The highest BCUT2D eigenvalue weighted by Gasteiger charge is 2.29. The van der Waals surface area contributed by atoms with E-state index in [-0.39, 0.29) is 11.9 Å². The number of hydrogen-bond acceptors (Lipinski definition) is 5. The van der Waals surface area contributed by atoms with Gasteiger partial charge in [-0.1, -0.05) is 13.3 Å². The van der Waals surface area contributed by atoms with Crippen molar-refractivity contribution in [3.05, 3.63) is 46.1 Å². The number of pyridine rings is 1. The minimum absolute atomic E-state index is 0.260. The molecule has 2 aromatic heterocycles. The molecule has 0 radical (unpaired) electrons. The summed E-state index contributed by atoms with van der Waals surface area (Å²) in [4.78, 5) is 30.1. The van der Waals surface area contributed by atoms with Crippen LogP contribution in [0.3, 0.4) is 0 Å². The Morgan fingerprint density at radius 1 is 1.40 bits per heavy atom. The molecule has 1 amide bonds. The highest BCUT2D eigenvalue weighted by molar-refractivity contribution is 7.17. The van der Waals surface area contributed by atoms with Crippen LogP contribution in [0.4, 0.5) is 5.00 Å². The van der Waals surface area contributed by atoms with E-state index in [9.17, 15) is 9.59 Å². The predicted octanol–water partition coefficient (Wildman–Crippen LogP) is 4.09. The fraction of sp³-hybridized carbons (Fsp3) is 0.421. The zero-order chi connectivity index (χ0) is 17.8. The first kappa shape index (κ1) is 17.6. The molecular formula is C19H22N2O3S. The largest absolute Gasteiger partial charge is 0.462 e. The standard InChI is InChI=1S/C19H22N2O3S/c1-3-12-7-8-14-15(10-12)25-18(16(14)19(23)24-4-2)21-17(22)13-6-5-9-20-11-13/h5-6,9,11-12H,3-4,7-8,10H2,1-2H3,(H,21,22)/t12-/m0/s1. The van der Waals surface area contributed by atoms with E-state index in [1.54, 1.807) is 25.3 Å². The summed E-state index contributed by atoms with van der Waals surface area (Å²) in [6.45, 7) is 4.30. The number of carbonyl (C=O) groups excluding carboxylic acids is 2. The SMILES string of the molecule is CCOC(=O)c1c(NC(=O)c2cccnc2)sc2c1CC[C@H](CC)C2. The van der Waals surface area contributed by atoms with Crippen LogP contribution >= 0.6 is 11.3 Å². The van der Waals surface area contributed by atoms with Gasteiger partial charge in [-0.05, 0) is 49.8 Å². The summed E-state index contributed by atoms with van der Waals surface area (Å²) in [6.07, 6.45) is 7.16. The number of nitrogens with one attached hydrogen (secondary N) is 1. The number of anilines is 1. The minimum atomic E-state index is -0.351. The number of fused-ring (bicyclic) bond motifs is 1. The molecule has 0 spiro atoms. The molecule has 3 rings (SSSR count). The van der Waals surface area contributed by atoms with Gasteiger partial charge in [-0.15, -0.1) is 11.3 Å². The van der Waals surface area contributed by atoms with E-state index >= 15 is 0 Å². The lowest BCUT2D eigenvalue weighted by atomic mass is 9.85. The second-order valence-electron chi connectivity index (χ2n) is 6.14. The molecule has 1 aliphatic carbocycles. The second kappa shape index (κ2) is 7.78. The average Bonchev–Trinajstić information content (AvgIpc) is 2.99. The fourth-order valence-electron chi connectivity index (χ4n) is 3.18. The Morgan fingerprint density at radius 2 is 2.24 bits per heavy atom. The number of thiophene rings is 1. The topological polar surface area (TPSA) is 68.3 Å². The van der Waals surface area contributed by atoms with Gasteiger partial charge >= 0.3 is 5.97 Å². The zero-order valence-corrected chi connectivity index (χ0v) is 15.3. The van der Waals surface area contributed by atoms with Crippen molar-refractivity contribution in [1.82, 2.24) is 4.98 Å². The molecule has 6 heteroatoms. The minimum Gasteiger partial charge on any atom is -0.462 e. The van der Waals surface area contributed by atoms with Gasteiger partial charge in [0.2, 0.25) is 0 Å². The van der Waals surface area contributed by atoms with Gasteiger partial charge in [-0.3, -0.25) is 9.78 Å². The third-order valence-corrected chi connectivity index (χ3v) is 5.74. The number of amides is 1. The Morgan fingerprint density at radius 3 is 2.92 bits per heavy atom. The third kappa shape index (κ3) is 3.74. The molecule has 1 aliphatic rings. The molecule has 0 bridgehead atoms. The van der Waals surface area contributed by atoms with Crippen molar-refractivity contribution in [2.24, 2.45) is 5.92 Å². The number of carbonyl (C=O) groups is 2. The number of hydrogen-bond donors (Lipinski definition) is 1. The van der Waals surface area contributed by atoms with Crippen LogP contribution in [0.25, 0.3) is 0 Å². The molecule has 0 fully saturated rings. The van der Waals surface area contributed by atoms with E-state index in [2.05, 4.69) is 17.2 Å². The Hall–Kier alpha value is -2.21. The molecule has 0 aliphatic heterocycles. The van der Waals surface area contributed by atoms with E-state index < -0.39 is 0 Å². The zero-order valence-electron chi connectivity index (χ0n) is 14.5. The summed E-state index contributed by atoms with van der Waals surface area (Å²) in [5.74, 6) is 0.0313. The Labute approximate surface area is 151 Å². The van der Waals surface area contributed by atoms with Crippen LogP contribution in [0.1, 0.15) is 57.8 Å². The fourth-order valence-corrected chi connectivity index (χ4v) is 4.53. The van der Waals surface area contributed by atoms with Crippen molar-refractivity contribution in [3.63, 3.8) is 0 Å². The van der Waals surface area contributed by atoms with Crippen molar-refractivity contribution >= 4 is 28.2 Å². The highest BCUT2D eigenvalue weighted by atomic mass is 32.1. The molecular weight excluding hydrogens is 336 g/mol. The van der Waals surface area contributed by atoms with Crippen LogP contribution in [-0.2, 0) is 17.6 Å². The number of esters is 1. The van der Waals surface area contributed by atoms with Gasteiger partial charge in [0.05, 0.1) is 17.7 Å². The first-order valence-corrected chi connectivity index (χ1v) is 9.48. The highest BCUT2D eigenvalue weighted by Crippen LogP contribution is 2.41. The monoisotopic (exact) mass is 358 g/mol. The first-order valence-electron chi connectivity index (χ1n) is 8.67. The Kier molecular flexibility index (Phi) is 5.48. The number of ether oxygens (including phenoxy) is 1. The van der Waals surface area contributed by atoms with Crippen molar-refractivity contribution < 1.29 is 14.3 Å². The third-order valence-electron chi connectivity index (χ3n) is 4.58. The molecule has 0 saturated carbocycles. The van der Waals surface area contributed by atoms with E-state index in [1.807, 2.05) is 0 Å². The maximum Gasteiger partial charge on any atom is 0.341 e. The summed E-state index contributed by atoms with van der Waals surface area (Å²) >= 11 is 1.51. The maximum absolute atomic E-state index is 12.5. The average molecular weight is 358 g/mol. The predicted molar refractivity (Wildman–Crippen MR) is 98.3 cm³/mol. The number of aromatic nitrogens is 1. The summed E-state index contributed by atoms with van der Waals surface area (Å²) in [7, 11) is 0. The van der Waals surface area contributed by atoms with Gasteiger partial charge in [0.15, 0.2) is 0 Å². The van der Waals surface area contributed by atoms with Gasteiger partial charge in [0, 0.05) is 17.3 Å². The number of nitrogens with zero attached hydrogens (tertiary/aromatic N) is 1. The van der Waals surface area contributed by atoms with E-state index in [1.165, 1.54) is 22.4 Å². The van der Waals surface area contributed by atoms with Crippen LogP contribution in [0.2, 0.25) is 0 Å². The van der Waals surface area contributed by atoms with Crippen molar-refractivity contribution in [2.75, 3.05) is 11.9 Å². The normalized spacial score (nSPS) is 16.2. The summed E-state index contributed by atoms with van der Waals surface area (Å²) < 4.78 is 5.24. The summed E-state index contributed by atoms with van der Waals surface area (Å²) in [5.41, 5.74) is 2.05.